The van der Waals surface area contributed by atoms with Crippen molar-refractivity contribution in [3.05, 3.63) is 26.4 Å². The summed E-state index contributed by atoms with van der Waals surface area (Å²) >= 11 is 11.0. The third-order valence-electron chi connectivity index (χ3n) is 1.26. The quantitative estimate of drug-likeness (QED) is 0.723. The zero-order valence-electron chi connectivity index (χ0n) is 6.17. The van der Waals surface area contributed by atoms with Gasteiger partial charge in [-0.25, -0.2) is 4.79 Å². The molecule has 1 rings (SSSR count). The summed E-state index contributed by atoms with van der Waals surface area (Å²) in [4.78, 5) is 26.4. The Morgan fingerprint density at radius 2 is 2.15 bits per heavy atom. The van der Waals surface area contributed by atoms with E-state index in [0.29, 0.717) is 0 Å². The monoisotopic (exact) mass is 222 g/mol. The topological polar surface area (TPSA) is 83.0 Å². The average Bonchev–Trinajstić information content (AvgIpc) is 1.96. The minimum atomic E-state index is -1.10. The number of H-pyrrole nitrogens is 1. The molecule has 0 saturated carbocycles. The second-order valence-electron chi connectivity index (χ2n) is 2.20. The van der Waals surface area contributed by atoms with Gasteiger partial charge in [-0.15, -0.1) is 0 Å². The van der Waals surface area contributed by atoms with E-state index in [0.717, 1.165) is 0 Å². The summed E-state index contributed by atoms with van der Waals surface area (Å²) < 4.78 is 0. The molecule has 0 unspecified atom stereocenters. The number of carboxylic acid groups (broad SMARTS) is 1. The Kier molecular flexibility index (Phi) is 2.90. The minimum Gasteiger partial charge on any atom is -0.481 e. The Bertz CT molecular complexity index is 375. The average molecular weight is 223 g/mol. The number of nitrogens with zero attached hydrogens (tertiary/aromatic N) is 1. The van der Waals surface area contributed by atoms with Crippen molar-refractivity contribution >= 4 is 29.2 Å². The standard InChI is InChI=1S/C6H4Cl2N2O3/c7-4-2(1-3(11)12)5(8)10-6(13)9-4/h1H2,(H,11,12)(H,9,10,13). The van der Waals surface area contributed by atoms with Crippen LogP contribution in [0.5, 0.6) is 0 Å². The van der Waals surface area contributed by atoms with Crippen molar-refractivity contribution in [1.29, 1.82) is 0 Å². The molecule has 0 fully saturated rings. The molecule has 1 aromatic rings. The zero-order valence-corrected chi connectivity index (χ0v) is 7.69. The molecule has 0 spiro atoms. The maximum atomic E-state index is 10.7. The largest absolute Gasteiger partial charge is 0.481 e. The van der Waals surface area contributed by atoms with Crippen molar-refractivity contribution in [3.8, 4) is 0 Å². The van der Waals surface area contributed by atoms with Crippen LogP contribution in [0.25, 0.3) is 0 Å². The van der Waals surface area contributed by atoms with Crippen LogP contribution in [0.3, 0.4) is 0 Å². The molecule has 2 N–H and O–H groups in total. The first-order valence-corrected chi connectivity index (χ1v) is 3.92. The molecule has 7 heteroatoms. The molecule has 1 heterocycles. The fourth-order valence-electron chi connectivity index (χ4n) is 0.746. The molecule has 0 aliphatic rings. The van der Waals surface area contributed by atoms with E-state index in [2.05, 4.69) is 9.97 Å². The molecule has 0 atom stereocenters. The number of carboxylic acids is 1. The van der Waals surface area contributed by atoms with Crippen molar-refractivity contribution in [1.82, 2.24) is 9.97 Å². The molecule has 5 nitrogen and oxygen atoms in total. The molecule has 0 aliphatic heterocycles. The van der Waals surface area contributed by atoms with Gasteiger partial charge in [-0.05, 0) is 0 Å². The number of aliphatic carboxylic acids is 1. The van der Waals surface area contributed by atoms with Crippen LogP contribution >= 0.6 is 23.2 Å². The van der Waals surface area contributed by atoms with E-state index in [9.17, 15) is 9.59 Å². The third-order valence-corrected chi connectivity index (χ3v) is 1.89. The maximum absolute atomic E-state index is 10.7. The van der Waals surface area contributed by atoms with Gasteiger partial charge in [0.2, 0.25) is 0 Å². The molecule has 13 heavy (non-hydrogen) atoms. The molecule has 0 saturated heterocycles. The highest BCUT2D eigenvalue weighted by atomic mass is 35.5. The molecule has 1 aromatic heterocycles. The van der Waals surface area contributed by atoms with Gasteiger partial charge in [0, 0.05) is 5.56 Å². The molecular formula is C6H4Cl2N2O3. The maximum Gasteiger partial charge on any atom is 0.347 e. The zero-order chi connectivity index (χ0) is 10.0. The predicted molar refractivity (Wildman–Crippen MR) is 46.2 cm³/mol. The molecule has 0 bridgehead atoms. The van der Waals surface area contributed by atoms with Crippen LogP contribution in [0.2, 0.25) is 10.3 Å². The van der Waals surface area contributed by atoms with E-state index in [1.165, 1.54) is 0 Å². The molecule has 0 amide bonds. The van der Waals surface area contributed by atoms with Crippen LogP contribution in [0, 0.1) is 0 Å². The van der Waals surface area contributed by atoms with E-state index in [1.54, 1.807) is 0 Å². The highest BCUT2D eigenvalue weighted by Crippen LogP contribution is 2.18. The van der Waals surface area contributed by atoms with Gasteiger partial charge in [-0.3, -0.25) is 9.78 Å². The van der Waals surface area contributed by atoms with Crippen molar-refractivity contribution in [2.45, 2.75) is 6.42 Å². The lowest BCUT2D eigenvalue weighted by molar-refractivity contribution is -0.136. The van der Waals surface area contributed by atoms with Gasteiger partial charge in [0.15, 0.2) is 0 Å². The highest BCUT2D eigenvalue weighted by Gasteiger charge is 2.12. The number of rotatable bonds is 2. The Hall–Kier alpha value is -1.07. The number of carbonyl (C=O) groups is 1. The third kappa shape index (κ3) is 2.43. The summed E-state index contributed by atoms with van der Waals surface area (Å²) in [5.41, 5.74) is -0.598. The van der Waals surface area contributed by atoms with Crippen LogP contribution in [0.15, 0.2) is 4.79 Å². The summed E-state index contributed by atoms with van der Waals surface area (Å²) in [6, 6.07) is 0. The van der Waals surface area contributed by atoms with Gasteiger partial charge in [0.05, 0.1) is 6.42 Å². The van der Waals surface area contributed by atoms with Gasteiger partial charge < -0.3 is 5.11 Å². The fraction of sp³-hybridized carbons (Fsp3) is 0.167. The van der Waals surface area contributed by atoms with Crippen LogP contribution < -0.4 is 5.69 Å². The lowest BCUT2D eigenvalue weighted by Crippen LogP contribution is -2.14. The Morgan fingerprint density at radius 1 is 1.54 bits per heavy atom. The lowest BCUT2D eigenvalue weighted by atomic mass is 10.2. The summed E-state index contributed by atoms with van der Waals surface area (Å²) in [7, 11) is 0. The Labute approximate surface area is 82.3 Å². The summed E-state index contributed by atoms with van der Waals surface area (Å²) in [6.45, 7) is 0. The number of hydrogen-bond acceptors (Lipinski definition) is 3. The predicted octanol–water partition coefficient (Wildman–Crippen LogP) is 0.704. The summed E-state index contributed by atoms with van der Waals surface area (Å²) in [5.74, 6) is -1.10. The van der Waals surface area contributed by atoms with E-state index in [1.807, 2.05) is 0 Å². The van der Waals surface area contributed by atoms with Gasteiger partial charge in [-0.2, -0.15) is 4.98 Å². The van der Waals surface area contributed by atoms with Gasteiger partial charge in [0.1, 0.15) is 10.3 Å². The van der Waals surface area contributed by atoms with Gasteiger partial charge in [0.25, 0.3) is 0 Å². The molecule has 0 radical (unpaired) electrons. The van der Waals surface area contributed by atoms with Gasteiger partial charge in [-0.1, -0.05) is 23.2 Å². The van der Waals surface area contributed by atoms with Crippen molar-refractivity contribution in [2.75, 3.05) is 0 Å². The van der Waals surface area contributed by atoms with E-state index >= 15 is 0 Å². The molecular weight excluding hydrogens is 219 g/mol. The fourth-order valence-corrected chi connectivity index (χ4v) is 1.27. The number of aromatic amines is 1. The second kappa shape index (κ2) is 3.76. The van der Waals surface area contributed by atoms with Crippen LogP contribution in [-0.4, -0.2) is 21.0 Å². The van der Waals surface area contributed by atoms with E-state index in [4.69, 9.17) is 28.3 Å². The molecule has 0 aromatic carbocycles. The SMILES string of the molecule is O=C(O)Cc1c(Cl)nc(=O)[nH]c1Cl. The van der Waals surface area contributed by atoms with E-state index < -0.39 is 11.7 Å². The van der Waals surface area contributed by atoms with Crippen LogP contribution in [-0.2, 0) is 11.2 Å². The number of hydrogen-bond donors (Lipinski definition) is 2. The smallest absolute Gasteiger partial charge is 0.347 e. The Balaban J connectivity index is 3.20. The lowest BCUT2D eigenvalue weighted by Gasteiger charge is -2.00. The first-order valence-electron chi connectivity index (χ1n) is 3.16. The van der Waals surface area contributed by atoms with Crippen molar-refractivity contribution in [3.63, 3.8) is 0 Å². The summed E-state index contributed by atoms with van der Waals surface area (Å²) in [5, 5.41) is 8.17. The number of halogens is 2. The van der Waals surface area contributed by atoms with Crippen LogP contribution in [0.4, 0.5) is 0 Å². The second-order valence-corrected chi connectivity index (χ2v) is 2.93. The van der Waals surface area contributed by atoms with Crippen LogP contribution in [0.1, 0.15) is 5.56 Å². The van der Waals surface area contributed by atoms with E-state index in [-0.39, 0.29) is 22.3 Å². The summed E-state index contributed by atoms with van der Waals surface area (Å²) in [6.07, 6.45) is -0.374. The van der Waals surface area contributed by atoms with Crippen molar-refractivity contribution in [2.24, 2.45) is 0 Å². The number of aromatic nitrogens is 2. The first-order chi connectivity index (χ1) is 6.00. The van der Waals surface area contributed by atoms with Crippen molar-refractivity contribution < 1.29 is 9.90 Å². The molecule has 70 valence electrons. The van der Waals surface area contributed by atoms with Gasteiger partial charge >= 0.3 is 11.7 Å². The normalized spacial score (nSPS) is 10.0. The minimum absolute atomic E-state index is 0.0904. The Morgan fingerprint density at radius 3 is 2.62 bits per heavy atom. The first kappa shape index (κ1) is 10.0. The number of nitrogens with one attached hydrogen (secondary N) is 1. The molecule has 0 aliphatic carbocycles. The highest BCUT2D eigenvalue weighted by molar-refractivity contribution is 6.34.